The highest BCUT2D eigenvalue weighted by Gasteiger charge is 2.29. The Morgan fingerprint density at radius 1 is 1.46 bits per heavy atom. The summed E-state index contributed by atoms with van der Waals surface area (Å²) in [5, 5.41) is 11.4. The van der Waals surface area contributed by atoms with Gasteiger partial charge in [0.25, 0.3) is 0 Å². The summed E-state index contributed by atoms with van der Waals surface area (Å²) in [6.07, 6.45) is 3.02. The molecule has 4 heteroatoms. The van der Waals surface area contributed by atoms with Crippen LogP contribution in [0.25, 0.3) is 0 Å². The molecule has 2 atom stereocenters. The van der Waals surface area contributed by atoms with Crippen LogP contribution in [0.5, 0.6) is 0 Å². The largest absolute Gasteiger partial charge is 0.481 e. The SMILES string of the molecule is CC(=O)N[C@@H]1CCC[C@H]1CC(=O)O. The van der Waals surface area contributed by atoms with Gasteiger partial charge in [0.2, 0.25) is 5.91 Å². The van der Waals surface area contributed by atoms with Gasteiger partial charge in [0.05, 0.1) is 6.42 Å². The van der Waals surface area contributed by atoms with Crippen molar-refractivity contribution in [2.45, 2.75) is 38.6 Å². The highest BCUT2D eigenvalue weighted by atomic mass is 16.4. The monoisotopic (exact) mass is 185 g/mol. The first kappa shape index (κ1) is 10.0. The predicted molar refractivity (Wildman–Crippen MR) is 47.2 cm³/mol. The number of carboxylic acid groups (broad SMARTS) is 1. The van der Waals surface area contributed by atoms with Gasteiger partial charge in [-0.2, -0.15) is 0 Å². The van der Waals surface area contributed by atoms with Crippen molar-refractivity contribution in [1.29, 1.82) is 0 Å². The second kappa shape index (κ2) is 4.25. The lowest BCUT2D eigenvalue weighted by atomic mass is 10.00. The lowest BCUT2D eigenvalue weighted by Gasteiger charge is -2.18. The van der Waals surface area contributed by atoms with E-state index < -0.39 is 5.97 Å². The van der Waals surface area contributed by atoms with Crippen LogP contribution in [0.15, 0.2) is 0 Å². The zero-order valence-corrected chi connectivity index (χ0v) is 7.75. The minimum Gasteiger partial charge on any atom is -0.481 e. The molecule has 1 aliphatic rings. The zero-order chi connectivity index (χ0) is 9.84. The molecule has 0 aromatic heterocycles. The van der Waals surface area contributed by atoms with Gasteiger partial charge >= 0.3 is 5.97 Å². The summed E-state index contributed by atoms with van der Waals surface area (Å²) < 4.78 is 0. The number of carbonyl (C=O) groups excluding carboxylic acids is 1. The first-order valence-corrected chi connectivity index (χ1v) is 4.58. The Balaban J connectivity index is 2.43. The van der Waals surface area contributed by atoms with Crippen molar-refractivity contribution in [3.63, 3.8) is 0 Å². The standard InChI is InChI=1S/C9H15NO3/c1-6(11)10-8-4-2-3-7(8)5-9(12)13/h7-8H,2-5H2,1H3,(H,10,11)(H,12,13)/t7-,8+/m0/s1. The molecule has 0 aliphatic heterocycles. The summed E-state index contributed by atoms with van der Waals surface area (Å²) >= 11 is 0. The Hall–Kier alpha value is -1.06. The van der Waals surface area contributed by atoms with Crippen molar-refractivity contribution >= 4 is 11.9 Å². The number of carbonyl (C=O) groups is 2. The molecule has 0 bridgehead atoms. The van der Waals surface area contributed by atoms with Crippen molar-refractivity contribution in [2.75, 3.05) is 0 Å². The summed E-state index contributed by atoms with van der Waals surface area (Å²) in [6.45, 7) is 1.47. The number of amides is 1. The Morgan fingerprint density at radius 2 is 2.15 bits per heavy atom. The third-order valence-electron chi connectivity index (χ3n) is 2.48. The third kappa shape index (κ3) is 3.05. The molecule has 1 amide bonds. The first-order valence-electron chi connectivity index (χ1n) is 4.58. The Kier molecular flexibility index (Phi) is 3.28. The van der Waals surface area contributed by atoms with Crippen LogP contribution in [0.1, 0.15) is 32.6 Å². The fourth-order valence-corrected chi connectivity index (χ4v) is 1.96. The normalized spacial score (nSPS) is 27.2. The van der Waals surface area contributed by atoms with E-state index in [0.29, 0.717) is 0 Å². The molecule has 0 aromatic carbocycles. The fraction of sp³-hybridized carbons (Fsp3) is 0.778. The van der Waals surface area contributed by atoms with Crippen LogP contribution >= 0.6 is 0 Å². The molecule has 0 spiro atoms. The van der Waals surface area contributed by atoms with Gasteiger partial charge in [-0.15, -0.1) is 0 Å². The molecule has 0 aromatic rings. The van der Waals surface area contributed by atoms with E-state index in [-0.39, 0.29) is 24.3 Å². The molecule has 0 heterocycles. The Morgan fingerprint density at radius 3 is 2.69 bits per heavy atom. The van der Waals surface area contributed by atoms with Crippen molar-refractivity contribution in [1.82, 2.24) is 5.32 Å². The minimum absolute atomic E-state index is 0.0673. The van der Waals surface area contributed by atoms with E-state index in [1.807, 2.05) is 0 Å². The average Bonchev–Trinajstić information content (AvgIpc) is 2.34. The Labute approximate surface area is 77.3 Å². The molecular formula is C9H15NO3. The first-order chi connectivity index (χ1) is 6.09. The van der Waals surface area contributed by atoms with Crippen molar-refractivity contribution < 1.29 is 14.7 Å². The number of rotatable bonds is 3. The topological polar surface area (TPSA) is 66.4 Å². The minimum atomic E-state index is -0.776. The van der Waals surface area contributed by atoms with Crippen molar-refractivity contribution in [3.8, 4) is 0 Å². The third-order valence-corrected chi connectivity index (χ3v) is 2.48. The second-order valence-corrected chi connectivity index (χ2v) is 3.60. The van der Waals surface area contributed by atoms with Gasteiger partial charge in [0, 0.05) is 13.0 Å². The van der Waals surface area contributed by atoms with E-state index in [9.17, 15) is 9.59 Å². The van der Waals surface area contributed by atoms with Crippen LogP contribution in [0.2, 0.25) is 0 Å². The van der Waals surface area contributed by atoms with Crippen LogP contribution in [-0.2, 0) is 9.59 Å². The van der Waals surface area contributed by atoms with Crippen LogP contribution in [-0.4, -0.2) is 23.0 Å². The summed E-state index contributed by atoms with van der Waals surface area (Å²) in [5.74, 6) is -0.717. The molecule has 74 valence electrons. The van der Waals surface area contributed by atoms with Gasteiger partial charge in [0.1, 0.15) is 0 Å². The zero-order valence-electron chi connectivity index (χ0n) is 7.75. The highest BCUT2D eigenvalue weighted by molar-refractivity contribution is 5.73. The van der Waals surface area contributed by atoms with E-state index in [1.165, 1.54) is 6.92 Å². The van der Waals surface area contributed by atoms with Crippen LogP contribution in [0.3, 0.4) is 0 Å². The smallest absolute Gasteiger partial charge is 0.303 e. The summed E-state index contributed by atoms with van der Waals surface area (Å²) in [4.78, 5) is 21.2. The van der Waals surface area contributed by atoms with Crippen LogP contribution in [0.4, 0.5) is 0 Å². The van der Waals surface area contributed by atoms with Gasteiger partial charge in [-0.05, 0) is 18.8 Å². The number of hydrogen-bond donors (Lipinski definition) is 2. The number of aliphatic carboxylic acids is 1. The van der Waals surface area contributed by atoms with Gasteiger partial charge < -0.3 is 10.4 Å². The van der Waals surface area contributed by atoms with Gasteiger partial charge in [-0.3, -0.25) is 9.59 Å². The molecule has 1 saturated carbocycles. The molecular weight excluding hydrogens is 170 g/mol. The second-order valence-electron chi connectivity index (χ2n) is 3.60. The lowest BCUT2D eigenvalue weighted by Crippen LogP contribution is -2.36. The maximum atomic E-state index is 10.8. The van der Waals surface area contributed by atoms with E-state index in [4.69, 9.17) is 5.11 Å². The van der Waals surface area contributed by atoms with Gasteiger partial charge in [-0.25, -0.2) is 0 Å². The molecule has 1 rings (SSSR count). The molecule has 1 aliphatic carbocycles. The quantitative estimate of drug-likeness (QED) is 0.682. The number of hydrogen-bond acceptors (Lipinski definition) is 2. The molecule has 1 fully saturated rings. The fourth-order valence-electron chi connectivity index (χ4n) is 1.96. The summed E-state index contributed by atoms with van der Waals surface area (Å²) in [6, 6.07) is 0.0774. The molecule has 2 N–H and O–H groups in total. The lowest BCUT2D eigenvalue weighted by molar-refractivity contribution is -0.138. The molecule has 0 unspecified atom stereocenters. The van der Waals surface area contributed by atoms with E-state index in [2.05, 4.69) is 5.32 Å². The van der Waals surface area contributed by atoms with E-state index >= 15 is 0 Å². The summed E-state index contributed by atoms with van der Waals surface area (Å²) in [5.41, 5.74) is 0. The van der Waals surface area contributed by atoms with Crippen LogP contribution in [0, 0.1) is 5.92 Å². The number of carboxylic acids is 1. The highest BCUT2D eigenvalue weighted by Crippen LogP contribution is 2.28. The maximum Gasteiger partial charge on any atom is 0.303 e. The van der Waals surface area contributed by atoms with E-state index in [1.54, 1.807) is 0 Å². The van der Waals surface area contributed by atoms with Crippen molar-refractivity contribution in [3.05, 3.63) is 0 Å². The van der Waals surface area contributed by atoms with Crippen molar-refractivity contribution in [2.24, 2.45) is 5.92 Å². The average molecular weight is 185 g/mol. The van der Waals surface area contributed by atoms with E-state index in [0.717, 1.165) is 19.3 Å². The van der Waals surface area contributed by atoms with Crippen LogP contribution < -0.4 is 5.32 Å². The number of nitrogens with one attached hydrogen (secondary N) is 1. The summed E-state index contributed by atoms with van der Waals surface area (Å²) in [7, 11) is 0. The Bertz CT molecular complexity index is 193. The molecule has 0 saturated heterocycles. The van der Waals surface area contributed by atoms with Gasteiger partial charge in [0.15, 0.2) is 0 Å². The van der Waals surface area contributed by atoms with Gasteiger partial charge in [-0.1, -0.05) is 6.42 Å². The molecule has 4 nitrogen and oxygen atoms in total. The molecule has 13 heavy (non-hydrogen) atoms. The molecule has 0 radical (unpaired) electrons. The predicted octanol–water partition coefficient (Wildman–Crippen LogP) is 0.766. The maximum absolute atomic E-state index is 10.8.